The van der Waals surface area contributed by atoms with E-state index in [-0.39, 0.29) is 18.3 Å². The van der Waals surface area contributed by atoms with E-state index in [1.165, 1.54) is 12.1 Å². The maximum Gasteiger partial charge on any atom is 0.407 e. The quantitative estimate of drug-likeness (QED) is 0.737. The molecule has 1 aromatic carbocycles. The highest BCUT2D eigenvalue weighted by Crippen LogP contribution is 2.20. The molecule has 1 atom stereocenters. The molecule has 2 rings (SSSR count). The first-order chi connectivity index (χ1) is 13.1. The number of piperidine rings is 1. The van der Waals surface area contributed by atoms with Crippen molar-refractivity contribution in [3.8, 4) is 5.75 Å². The molecule has 0 saturated carbocycles. The number of alkyl carbamates (subject to hydrolysis) is 1. The Bertz CT molecular complexity index is 652. The Balaban J connectivity index is 1.82. The van der Waals surface area contributed by atoms with Crippen molar-refractivity contribution in [3.63, 3.8) is 0 Å². The molecule has 0 spiro atoms. The minimum atomic E-state index is -0.976. The maximum atomic E-state index is 13.0. The van der Waals surface area contributed by atoms with Gasteiger partial charge in [-0.05, 0) is 57.9 Å². The van der Waals surface area contributed by atoms with Gasteiger partial charge in [-0.3, -0.25) is 4.79 Å². The standard InChI is InChI=1S/C20H29FN2O5/c1-20(2,3)28-19(26)22-15(12-18(24)25)13-23-10-8-17(9-11-23)27-16-6-4-14(21)5-7-16/h4-7,15,17H,8-13H2,1-3H3,(H,22,26)(H,24,25)/t15-/m1/s1. The van der Waals surface area contributed by atoms with E-state index < -0.39 is 23.7 Å². The maximum absolute atomic E-state index is 13.0. The summed E-state index contributed by atoms with van der Waals surface area (Å²) in [5, 5.41) is 11.8. The van der Waals surface area contributed by atoms with Crippen LogP contribution in [-0.4, -0.2) is 59.5 Å². The summed E-state index contributed by atoms with van der Waals surface area (Å²) in [7, 11) is 0. The largest absolute Gasteiger partial charge is 0.490 e. The summed E-state index contributed by atoms with van der Waals surface area (Å²) in [6, 6.07) is 5.40. The Kier molecular flexibility index (Phi) is 7.62. The van der Waals surface area contributed by atoms with Crippen LogP contribution in [0, 0.1) is 5.82 Å². The lowest BCUT2D eigenvalue weighted by Crippen LogP contribution is -2.49. The van der Waals surface area contributed by atoms with Crippen molar-refractivity contribution in [1.82, 2.24) is 10.2 Å². The molecule has 0 radical (unpaired) electrons. The number of carbonyl (C=O) groups is 2. The summed E-state index contributed by atoms with van der Waals surface area (Å²) < 4.78 is 24.1. The number of halogens is 1. The molecule has 1 aromatic rings. The number of carboxylic acid groups (broad SMARTS) is 1. The molecular formula is C20H29FN2O5. The van der Waals surface area contributed by atoms with Crippen molar-refractivity contribution < 1.29 is 28.6 Å². The second kappa shape index (κ2) is 9.73. The molecule has 2 N–H and O–H groups in total. The molecule has 0 aromatic heterocycles. The number of nitrogens with zero attached hydrogens (tertiary/aromatic N) is 1. The Morgan fingerprint density at radius 3 is 2.39 bits per heavy atom. The first-order valence-corrected chi connectivity index (χ1v) is 9.46. The molecule has 7 nitrogen and oxygen atoms in total. The monoisotopic (exact) mass is 396 g/mol. The Morgan fingerprint density at radius 1 is 1.25 bits per heavy atom. The number of likely N-dealkylation sites (tertiary alicyclic amines) is 1. The third-order valence-electron chi connectivity index (χ3n) is 4.27. The van der Waals surface area contributed by atoms with E-state index in [1.54, 1.807) is 32.9 Å². The number of benzene rings is 1. The zero-order valence-corrected chi connectivity index (χ0v) is 16.6. The van der Waals surface area contributed by atoms with Gasteiger partial charge in [-0.25, -0.2) is 9.18 Å². The molecule has 0 bridgehead atoms. The van der Waals surface area contributed by atoms with Crippen LogP contribution in [0.2, 0.25) is 0 Å². The van der Waals surface area contributed by atoms with Gasteiger partial charge in [-0.2, -0.15) is 0 Å². The third-order valence-corrected chi connectivity index (χ3v) is 4.27. The number of ether oxygens (including phenoxy) is 2. The average molecular weight is 396 g/mol. The first-order valence-electron chi connectivity index (χ1n) is 9.46. The molecule has 1 aliphatic heterocycles. The second-order valence-corrected chi connectivity index (χ2v) is 8.01. The van der Waals surface area contributed by atoms with Crippen LogP contribution in [0.15, 0.2) is 24.3 Å². The number of nitrogens with one attached hydrogen (secondary N) is 1. The molecule has 1 amide bonds. The SMILES string of the molecule is CC(C)(C)OC(=O)N[C@H](CC(=O)O)CN1CCC(Oc2ccc(F)cc2)CC1. The van der Waals surface area contributed by atoms with E-state index in [4.69, 9.17) is 14.6 Å². The first kappa shape index (κ1) is 21.9. The molecule has 0 unspecified atom stereocenters. The van der Waals surface area contributed by atoms with Crippen LogP contribution in [0.4, 0.5) is 9.18 Å². The molecule has 1 saturated heterocycles. The van der Waals surface area contributed by atoms with Crippen LogP contribution in [0.5, 0.6) is 5.75 Å². The van der Waals surface area contributed by atoms with Gasteiger partial charge in [0, 0.05) is 19.6 Å². The molecule has 1 fully saturated rings. The smallest absolute Gasteiger partial charge is 0.407 e. The van der Waals surface area contributed by atoms with Gasteiger partial charge >= 0.3 is 12.1 Å². The molecule has 1 heterocycles. The predicted octanol–water partition coefficient (Wildman–Crippen LogP) is 3.04. The number of aliphatic carboxylic acids is 1. The van der Waals surface area contributed by atoms with Crippen LogP contribution >= 0.6 is 0 Å². The Labute approximate surface area is 164 Å². The van der Waals surface area contributed by atoms with Crippen LogP contribution in [0.1, 0.15) is 40.0 Å². The Morgan fingerprint density at radius 2 is 1.86 bits per heavy atom. The minimum absolute atomic E-state index is 0.0263. The summed E-state index contributed by atoms with van der Waals surface area (Å²) in [5.74, 6) is -0.644. The number of rotatable bonds is 7. The minimum Gasteiger partial charge on any atom is -0.490 e. The van der Waals surface area contributed by atoms with Gasteiger partial charge in [0.15, 0.2) is 0 Å². The van der Waals surface area contributed by atoms with Crippen molar-refractivity contribution in [2.45, 2.75) is 57.8 Å². The van der Waals surface area contributed by atoms with E-state index >= 15 is 0 Å². The van der Waals surface area contributed by atoms with Gasteiger partial charge < -0.3 is 24.8 Å². The van der Waals surface area contributed by atoms with E-state index in [1.807, 2.05) is 0 Å². The van der Waals surface area contributed by atoms with Gasteiger partial charge in [-0.1, -0.05) is 0 Å². The fourth-order valence-electron chi connectivity index (χ4n) is 3.07. The third kappa shape index (κ3) is 8.12. The van der Waals surface area contributed by atoms with Gasteiger partial charge in [0.2, 0.25) is 0 Å². The van der Waals surface area contributed by atoms with E-state index in [0.717, 1.165) is 25.9 Å². The van der Waals surface area contributed by atoms with E-state index in [0.29, 0.717) is 12.3 Å². The zero-order valence-electron chi connectivity index (χ0n) is 16.6. The number of carboxylic acids is 1. The van der Waals surface area contributed by atoms with Crippen molar-refractivity contribution in [2.75, 3.05) is 19.6 Å². The van der Waals surface area contributed by atoms with E-state index in [9.17, 15) is 14.0 Å². The average Bonchev–Trinajstić information content (AvgIpc) is 2.56. The van der Waals surface area contributed by atoms with Crippen molar-refractivity contribution in [1.29, 1.82) is 0 Å². The normalized spacial score (nSPS) is 17.0. The van der Waals surface area contributed by atoms with Gasteiger partial charge in [0.25, 0.3) is 0 Å². The molecule has 28 heavy (non-hydrogen) atoms. The topological polar surface area (TPSA) is 88.1 Å². The lowest BCUT2D eigenvalue weighted by Gasteiger charge is -2.34. The summed E-state index contributed by atoms with van der Waals surface area (Å²) in [5.41, 5.74) is -0.645. The lowest BCUT2D eigenvalue weighted by molar-refractivity contribution is -0.137. The Hall–Kier alpha value is -2.35. The molecule has 1 aliphatic rings. The second-order valence-electron chi connectivity index (χ2n) is 8.01. The number of hydrogen-bond donors (Lipinski definition) is 2. The summed E-state index contributed by atoms with van der Waals surface area (Å²) in [4.78, 5) is 25.2. The number of amides is 1. The van der Waals surface area contributed by atoms with Crippen LogP contribution in [0.3, 0.4) is 0 Å². The summed E-state index contributed by atoms with van der Waals surface area (Å²) in [6.45, 7) is 7.13. The van der Waals surface area contributed by atoms with Gasteiger partial charge in [0.05, 0.1) is 12.5 Å². The summed E-state index contributed by atoms with van der Waals surface area (Å²) in [6.07, 6.45) is 0.769. The van der Waals surface area contributed by atoms with Gasteiger partial charge in [0.1, 0.15) is 23.3 Å². The number of carbonyl (C=O) groups excluding carboxylic acids is 1. The fourth-order valence-corrected chi connectivity index (χ4v) is 3.07. The predicted molar refractivity (Wildman–Crippen MR) is 102 cm³/mol. The molecule has 0 aliphatic carbocycles. The van der Waals surface area contributed by atoms with Crippen molar-refractivity contribution >= 4 is 12.1 Å². The molecule has 156 valence electrons. The highest BCUT2D eigenvalue weighted by atomic mass is 19.1. The van der Waals surface area contributed by atoms with E-state index in [2.05, 4.69) is 10.2 Å². The van der Waals surface area contributed by atoms with Crippen molar-refractivity contribution in [3.05, 3.63) is 30.1 Å². The highest BCUT2D eigenvalue weighted by Gasteiger charge is 2.26. The summed E-state index contributed by atoms with van der Waals surface area (Å²) >= 11 is 0. The number of hydrogen-bond acceptors (Lipinski definition) is 5. The van der Waals surface area contributed by atoms with Crippen molar-refractivity contribution in [2.24, 2.45) is 0 Å². The lowest BCUT2D eigenvalue weighted by atomic mass is 10.1. The zero-order chi connectivity index (χ0) is 20.7. The molecule has 8 heteroatoms. The highest BCUT2D eigenvalue weighted by molar-refractivity contribution is 5.71. The van der Waals surface area contributed by atoms with Crippen LogP contribution in [0.25, 0.3) is 0 Å². The van der Waals surface area contributed by atoms with Crippen LogP contribution in [-0.2, 0) is 9.53 Å². The van der Waals surface area contributed by atoms with Crippen LogP contribution < -0.4 is 10.1 Å². The van der Waals surface area contributed by atoms with Gasteiger partial charge in [-0.15, -0.1) is 0 Å². The molecular weight excluding hydrogens is 367 g/mol. The fraction of sp³-hybridized carbons (Fsp3) is 0.600.